The van der Waals surface area contributed by atoms with E-state index >= 15 is 0 Å². The van der Waals surface area contributed by atoms with Crippen LogP contribution >= 0.6 is 0 Å². The molecule has 1 heteroatoms. The maximum Gasteiger partial charge on any atom is 0.0540 e. The summed E-state index contributed by atoms with van der Waals surface area (Å²) < 4.78 is 0. The van der Waals surface area contributed by atoms with E-state index in [4.69, 9.17) is 0 Å². The molecule has 0 aromatic heterocycles. The number of anilines is 3. The van der Waals surface area contributed by atoms with Crippen molar-refractivity contribution in [2.75, 3.05) is 4.90 Å². The fourth-order valence-electron chi connectivity index (χ4n) is 9.73. The van der Waals surface area contributed by atoms with Gasteiger partial charge in [0.25, 0.3) is 0 Å². The smallest absolute Gasteiger partial charge is 0.0540 e. The molecule has 0 bridgehead atoms. The van der Waals surface area contributed by atoms with Gasteiger partial charge in [-0.25, -0.2) is 0 Å². The van der Waals surface area contributed by atoms with Gasteiger partial charge in [-0.1, -0.05) is 237 Å². The fraction of sp³-hybridized carbons (Fsp3) is 0.0312. The molecule has 10 aromatic carbocycles. The van der Waals surface area contributed by atoms with E-state index in [0.717, 1.165) is 46.6 Å². The molecule has 0 saturated heterocycles. The van der Waals surface area contributed by atoms with Crippen molar-refractivity contribution in [1.82, 2.24) is 0 Å². The summed E-state index contributed by atoms with van der Waals surface area (Å²) in [6.45, 7) is 0. The van der Waals surface area contributed by atoms with Crippen molar-refractivity contribution in [3.8, 4) is 66.8 Å². The molecule has 0 unspecified atom stereocenters. The zero-order valence-electron chi connectivity index (χ0n) is 36.2. The van der Waals surface area contributed by atoms with Gasteiger partial charge < -0.3 is 4.90 Å². The van der Waals surface area contributed by atoms with E-state index in [2.05, 4.69) is 266 Å². The minimum Gasteiger partial charge on any atom is -0.309 e. The first-order chi connectivity index (χ1) is 32.3. The molecule has 308 valence electrons. The second kappa shape index (κ2) is 17.8. The van der Waals surface area contributed by atoms with Crippen molar-refractivity contribution in [3.05, 3.63) is 266 Å². The Kier molecular flexibility index (Phi) is 10.9. The molecule has 0 aliphatic heterocycles. The second-order valence-electron chi connectivity index (χ2n) is 16.6. The van der Waals surface area contributed by atoms with E-state index in [0.29, 0.717) is 0 Å². The van der Waals surface area contributed by atoms with E-state index < -0.39 is 0 Å². The van der Waals surface area contributed by atoms with Gasteiger partial charge in [0.2, 0.25) is 0 Å². The molecule has 65 heavy (non-hydrogen) atoms. The van der Waals surface area contributed by atoms with Gasteiger partial charge in [-0.15, -0.1) is 0 Å². The number of rotatable bonds is 10. The average Bonchev–Trinajstić information content (AvgIpc) is 3.40. The Morgan fingerprint density at radius 1 is 0.277 bits per heavy atom. The van der Waals surface area contributed by atoms with E-state index in [1.807, 2.05) is 0 Å². The van der Waals surface area contributed by atoms with Crippen LogP contribution in [-0.2, 0) is 0 Å². The quantitative estimate of drug-likeness (QED) is 0.133. The van der Waals surface area contributed by atoms with E-state index in [-0.39, 0.29) is 0 Å². The van der Waals surface area contributed by atoms with Gasteiger partial charge in [0.1, 0.15) is 0 Å². The number of allylic oxidation sites excluding steroid dienone is 4. The highest BCUT2D eigenvalue weighted by Gasteiger charge is 2.26. The SMILES string of the molecule is C1=CC(c2ccc(N(c3ccccc3-c3ccccc3-c3ccccc3-c3ccccc3)c3ccccc3-c3cccc4cccc(-c5ccccc5)c34)c(-c3ccccc3)c2)=CCC1. The normalized spacial score (nSPS) is 12.2. The lowest BCUT2D eigenvalue weighted by molar-refractivity contribution is 1.04. The number of hydrogen-bond acceptors (Lipinski definition) is 1. The number of fused-ring (bicyclic) bond motifs is 1. The molecule has 0 radical (unpaired) electrons. The molecular weight excluding hydrogens is 783 g/mol. The number of para-hydroxylation sites is 2. The molecular formula is C64H47N. The van der Waals surface area contributed by atoms with Crippen LogP contribution < -0.4 is 4.90 Å². The van der Waals surface area contributed by atoms with Gasteiger partial charge in [-0.05, 0) is 109 Å². The van der Waals surface area contributed by atoms with E-state index in [1.54, 1.807) is 0 Å². The maximum absolute atomic E-state index is 2.53. The zero-order chi connectivity index (χ0) is 43.4. The van der Waals surface area contributed by atoms with Crippen molar-refractivity contribution >= 4 is 33.4 Å². The lowest BCUT2D eigenvalue weighted by Gasteiger charge is -2.32. The van der Waals surface area contributed by atoms with Gasteiger partial charge in [0.05, 0.1) is 17.1 Å². The van der Waals surface area contributed by atoms with E-state index in [1.165, 1.54) is 72.0 Å². The molecule has 0 heterocycles. The molecule has 0 fully saturated rings. The van der Waals surface area contributed by atoms with Crippen LogP contribution in [0.3, 0.4) is 0 Å². The molecule has 1 aliphatic rings. The first kappa shape index (κ1) is 39.6. The minimum atomic E-state index is 1.05. The Balaban J connectivity index is 1.20. The Morgan fingerprint density at radius 3 is 1.29 bits per heavy atom. The molecule has 11 rings (SSSR count). The van der Waals surface area contributed by atoms with Gasteiger partial charge in [-0.3, -0.25) is 0 Å². The Bertz CT molecular complexity index is 3350. The Morgan fingerprint density at radius 2 is 0.708 bits per heavy atom. The highest BCUT2D eigenvalue weighted by molar-refractivity contribution is 6.10. The van der Waals surface area contributed by atoms with Crippen LogP contribution in [0.2, 0.25) is 0 Å². The zero-order valence-corrected chi connectivity index (χ0v) is 36.2. The van der Waals surface area contributed by atoms with Gasteiger partial charge in [-0.2, -0.15) is 0 Å². The molecule has 0 amide bonds. The summed E-state index contributed by atoms with van der Waals surface area (Å²) in [5.41, 5.74) is 20.0. The summed E-state index contributed by atoms with van der Waals surface area (Å²) >= 11 is 0. The maximum atomic E-state index is 2.53. The molecule has 1 aliphatic carbocycles. The van der Waals surface area contributed by atoms with Crippen LogP contribution in [0, 0.1) is 0 Å². The molecule has 0 saturated carbocycles. The first-order valence-electron chi connectivity index (χ1n) is 22.7. The predicted octanol–water partition coefficient (Wildman–Crippen LogP) is 18.0. The van der Waals surface area contributed by atoms with Crippen LogP contribution in [0.15, 0.2) is 261 Å². The molecule has 10 aromatic rings. The molecule has 0 atom stereocenters. The number of nitrogens with zero attached hydrogens (tertiary/aromatic N) is 1. The van der Waals surface area contributed by atoms with Crippen molar-refractivity contribution in [2.24, 2.45) is 0 Å². The largest absolute Gasteiger partial charge is 0.309 e. The summed E-state index contributed by atoms with van der Waals surface area (Å²) in [5.74, 6) is 0. The molecule has 0 spiro atoms. The Labute approximate surface area is 382 Å². The summed E-state index contributed by atoms with van der Waals surface area (Å²) in [7, 11) is 0. The number of hydrogen-bond donors (Lipinski definition) is 0. The summed E-state index contributed by atoms with van der Waals surface area (Å²) in [4.78, 5) is 2.53. The summed E-state index contributed by atoms with van der Waals surface area (Å²) in [5, 5.41) is 2.44. The average molecular weight is 830 g/mol. The summed E-state index contributed by atoms with van der Waals surface area (Å²) in [6, 6.07) is 88.7. The molecule has 1 nitrogen and oxygen atoms in total. The van der Waals surface area contributed by atoms with E-state index in [9.17, 15) is 0 Å². The van der Waals surface area contributed by atoms with Crippen molar-refractivity contribution in [2.45, 2.75) is 12.8 Å². The third-order valence-corrected chi connectivity index (χ3v) is 12.7. The minimum absolute atomic E-state index is 1.05. The lowest BCUT2D eigenvalue weighted by Crippen LogP contribution is -2.14. The topological polar surface area (TPSA) is 3.24 Å². The van der Waals surface area contributed by atoms with Crippen molar-refractivity contribution in [1.29, 1.82) is 0 Å². The van der Waals surface area contributed by atoms with Gasteiger partial charge in [0.15, 0.2) is 0 Å². The standard InChI is InChI=1S/C64H47N/c1-5-23-46(24-6-1)51-43-44-63(60(45-51)49-29-11-4-12-30-49)65(62-42-20-18-38-58(62)59-40-22-32-50-31-21-39-53(64(50)59)48-27-9-3-10-28-48)61-41-19-17-37-57(61)56-36-16-15-35-55(56)54-34-14-13-33-52(54)47-25-7-2-8-26-47/h2-5,7-45H,1,6H2. The van der Waals surface area contributed by atoms with Gasteiger partial charge in [0, 0.05) is 16.7 Å². The predicted molar refractivity (Wildman–Crippen MR) is 278 cm³/mol. The number of benzene rings is 10. The third-order valence-electron chi connectivity index (χ3n) is 12.7. The van der Waals surface area contributed by atoms with Crippen molar-refractivity contribution in [3.63, 3.8) is 0 Å². The van der Waals surface area contributed by atoms with Crippen LogP contribution in [0.25, 0.3) is 83.1 Å². The monoisotopic (exact) mass is 829 g/mol. The second-order valence-corrected chi connectivity index (χ2v) is 16.6. The molecule has 0 N–H and O–H groups in total. The fourth-order valence-corrected chi connectivity index (χ4v) is 9.73. The lowest BCUT2D eigenvalue weighted by atomic mass is 9.88. The van der Waals surface area contributed by atoms with Crippen molar-refractivity contribution < 1.29 is 0 Å². The third kappa shape index (κ3) is 7.68. The van der Waals surface area contributed by atoms with Crippen LogP contribution in [0.5, 0.6) is 0 Å². The highest BCUT2D eigenvalue weighted by atomic mass is 15.1. The first-order valence-corrected chi connectivity index (χ1v) is 22.7. The van der Waals surface area contributed by atoms with Gasteiger partial charge >= 0.3 is 0 Å². The summed E-state index contributed by atoms with van der Waals surface area (Å²) in [6.07, 6.45) is 9.08. The Hall–Kier alpha value is -8.26. The highest BCUT2D eigenvalue weighted by Crippen LogP contribution is 2.51. The van der Waals surface area contributed by atoms with Crippen LogP contribution in [0.4, 0.5) is 17.1 Å². The van der Waals surface area contributed by atoms with Crippen LogP contribution in [0.1, 0.15) is 18.4 Å². The van der Waals surface area contributed by atoms with Crippen LogP contribution in [-0.4, -0.2) is 0 Å².